The molecule has 0 fully saturated rings. The van der Waals surface area contributed by atoms with Gasteiger partial charge in [0, 0.05) is 0 Å². The first-order valence-corrected chi connectivity index (χ1v) is 2.70. The molecule has 0 aromatic carbocycles. The van der Waals surface area contributed by atoms with E-state index in [0.29, 0.717) is 5.57 Å². The van der Waals surface area contributed by atoms with Gasteiger partial charge in [-0.15, -0.1) is 0 Å². The van der Waals surface area contributed by atoms with Crippen LogP contribution in [0.15, 0.2) is 36.5 Å². The highest BCUT2D eigenvalue weighted by Gasteiger charge is 1.80. The third-order valence-electron chi connectivity index (χ3n) is 0.773. The molecule has 0 aliphatic heterocycles. The summed E-state index contributed by atoms with van der Waals surface area (Å²) in [5.74, 6) is 0. The van der Waals surface area contributed by atoms with E-state index in [1.165, 1.54) is 0 Å². The second-order valence-corrected chi connectivity index (χ2v) is 1.47. The van der Waals surface area contributed by atoms with Gasteiger partial charge in [-0.05, 0) is 19.1 Å². The van der Waals surface area contributed by atoms with Crippen LogP contribution in [0.25, 0.3) is 0 Å². The van der Waals surface area contributed by atoms with E-state index in [-0.39, 0.29) is 0 Å². The van der Waals surface area contributed by atoms with Gasteiger partial charge in [0.1, 0.15) is 0 Å². The van der Waals surface area contributed by atoms with Gasteiger partial charge in [-0.2, -0.15) is 5.26 Å². The zero-order chi connectivity index (χ0) is 7.11. The largest absolute Gasteiger partial charge is 0.192 e. The van der Waals surface area contributed by atoms with Crippen molar-refractivity contribution >= 4 is 0 Å². The average molecular weight is 119 g/mol. The number of allylic oxidation sites excluding steroid dienone is 5. The molecule has 46 valence electrons. The lowest BCUT2D eigenvalue weighted by atomic mass is 10.2. The Kier molecular flexibility index (Phi) is 4.16. The summed E-state index contributed by atoms with van der Waals surface area (Å²) in [7, 11) is 0. The fourth-order valence-corrected chi connectivity index (χ4v) is 0.437. The average Bonchev–Trinajstić information content (AvgIpc) is 1.88. The monoisotopic (exact) mass is 119 g/mol. The van der Waals surface area contributed by atoms with Gasteiger partial charge in [-0.1, -0.05) is 18.7 Å². The first kappa shape index (κ1) is 7.71. The molecule has 0 saturated carbocycles. The molecule has 1 nitrogen and oxygen atoms in total. The van der Waals surface area contributed by atoms with E-state index in [4.69, 9.17) is 5.26 Å². The summed E-state index contributed by atoms with van der Waals surface area (Å²) < 4.78 is 0. The van der Waals surface area contributed by atoms with E-state index in [2.05, 4.69) is 6.58 Å². The minimum absolute atomic E-state index is 0.632. The topological polar surface area (TPSA) is 23.8 Å². The van der Waals surface area contributed by atoms with E-state index < -0.39 is 0 Å². The summed E-state index contributed by atoms with van der Waals surface area (Å²) in [4.78, 5) is 0. The smallest absolute Gasteiger partial charge is 0.0991 e. The van der Waals surface area contributed by atoms with Crippen LogP contribution in [0.2, 0.25) is 0 Å². The molecule has 0 N–H and O–H groups in total. The van der Waals surface area contributed by atoms with Crippen molar-refractivity contribution in [2.24, 2.45) is 0 Å². The summed E-state index contributed by atoms with van der Waals surface area (Å²) in [6.07, 6.45) is 6.82. The highest BCUT2D eigenvalue weighted by atomic mass is 14.2. The molecule has 1 heteroatoms. The number of hydrogen-bond donors (Lipinski definition) is 0. The molecule has 0 bridgehead atoms. The van der Waals surface area contributed by atoms with Crippen molar-refractivity contribution in [2.75, 3.05) is 0 Å². The fourth-order valence-electron chi connectivity index (χ4n) is 0.437. The van der Waals surface area contributed by atoms with Crippen molar-refractivity contribution < 1.29 is 0 Å². The third kappa shape index (κ3) is 3.31. The van der Waals surface area contributed by atoms with E-state index in [0.717, 1.165) is 0 Å². The van der Waals surface area contributed by atoms with Crippen LogP contribution in [0.4, 0.5) is 0 Å². The lowest BCUT2D eigenvalue weighted by molar-refractivity contribution is 1.49. The zero-order valence-corrected chi connectivity index (χ0v) is 5.46. The van der Waals surface area contributed by atoms with E-state index >= 15 is 0 Å². The van der Waals surface area contributed by atoms with Crippen LogP contribution < -0.4 is 0 Å². The molecule has 0 heterocycles. The molecule has 0 atom stereocenters. The van der Waals surface area contributed by atoms with Crippen LogP contribution in [0.1, 0.15) is 6.92 Å². The number of rotatable bonds is 2. The van der Waals surface area contributed by atoms with Crippen LogP contribution >= 0.6 is 0 Å². The molecule has 0 aliphatic carbocycles. The maximum absolute atomic E-state index is 8.37. The maximum atomic E-state index is 8.37. The first-order chi connectivity index (χ1) is 4.35. The normalized spacial score (nSPS) is 11.3. The van der Waals surface area contributed by atoms with Crippen LogP contribution in [-0.4, -0.2) is 0 Å². The lowest BCUT2D eigenvalue weighted by Gasteiger charge is -1.79. The van der Waals surface area contributed by atoms with Crippen molar-refractivity contribution in [1.82, 2.24) is 0 Å². The SMILES string of the molecule is C=C/C=C(C#N)\C=C/C. The van der Waals surface area contributed by atoms with Gasteiger partial charge in [0.2, 0.25) is 0 Å². The molecule has 0 aromatic heterocycles. The predicted octanol–water partition coefficient (Wildman–Crippen LogP) is 2.20. The number of nitriles is 1. The lowest BCUT2D eigenvalue weighted by Crippen LogP contribution is -1.66. The Hall–Kier alpha value is -1.29. The number of hydrogen-bond acceptors (Lipinski definition) is 1. The van der Waals surface area contributed by atoms with E-state index in [1.807, 2.05) is 19.1 Å². The zero-order valence-electron chi connectivity index (χ0n) is 5.46. The standard InChI is InChI=1S/C8H9N/c1-3-5-8(7-9)6-4-2/h3-6H,1H2,2H3/b6-4-,8-5+. The molecule has 0 spiro atoms. The summed E-state index contributed by atoms with van der Waals surface area (Å²) in [6, 6.07) is 2.01. The minimum Gasteiger partial charge on any atom is -0.192 e. The third-order valence-corrected chi connectivity index (χ3v) is 0.773. The molecule has 0 unspecified atom stereocenters. The molecule has 9 heavy (non-hydrogen) atoms. The molecule has 0 radical (unpaired) electrons. The molecule has 0 amide bonds. The van der Waals surface area contributed by atoms with Gasteiger partial charge >= 0.3 is 0 Å². The van der Waals surface area contributed by atoms with Gasteiger partial charge in [0.15, 0.2) is 0 Å². The molecule has 0 saturated heterocycles. The first-order valence-electron chi connectivity index (χ1n) is 2.70. The van der Waals surface area contributed by atoms with Crippen molar-refractivity contribution in [3.05, 3.63) is 36.5 Å². The van der Waals surface area contributed by atoms with E-state index in [9.17, 15) is 0 Å². The van der Waals surface area contributed by atoms with Crippen molar-refractivity contribution in [1.29, 1.82) is 5.26 Å². The van der Waals surface area contributed by atoms with E-state index in [1.54, 1.807) is 18.2 Å². The highest BCUT2D eigenvalue weighted by Crippen LogP contribution is 1.93. The molecule has 0 rings (SSSR count). The van der Waals surface area contributed by atoms with Crippen molar-refractivity contribution in [3.63, 3.8) is 0 Å². The minimum atomic E-state index is 0.632. The second-order valence-electron chi connectivity index (χ2n) is 1.47. The Morgan fingerprint density at radius 2 is 2.33 bits per heavy atom. The molecule has 0 aromatic rings. The van der Waals surface area contributed by atoms with Crippen molar-refractivity contribution in [3.8, 4) is 6.07 Å². The summed E-state index contributed by atoms with van der Waals surface area (Å²) >= 11 is 0. The van der Waals surface area contributed by atoms with Gasteiger partial charge in [0.25, 0.3) is 0 Å². The fraction of sp³-hybridized carbons (Fsp3) is 0.125. The van der Waals surface area contributed by atoms with Gasteiger partial charge in [0.05, 0.1) is 11.6 Å². The Morgan fingerprint density at radius 3 is 2.67 bits per heavy atom. The van der Waals surface area contributed by atoms with Gasteiger partial charge in [-0.3, -0.25) is 0 Å². The van der Waals surface area contributed by atoms with Crippen LogP contribution in [0.5, 0.6) is 0 Å². The summed E-state index contributed by atoms with van der Waals surface area (Å²) in [6.45, 7) is 5.34. The van der Waals surface area contributed by atoms with Crippen LogP contribution in [-0.2, 0) is 0 Å². The predicted molar refractivity (Wildman–Crippen MR) is 38.7 cm³/mol. The Balaban J connectivity index is 4.19. The maximum Gasteiger partial charge on any atom is 0.0991 e. The van der Waals surface area contributed by atoms with Gasteiger partial charge in [-0.25, -0.2) is 0 Å². The highest BCUT2D eigenvalue weighted by molar-refractivity contribution is 5.34. The second kappa shape index (κ2) is 4.86. The molecule has 0 aliphatic rings. The van der Waals surface area contributed by atoms with Gasteiger partial charge < -0.3 is 0 Å². The molecular weight excluding hydrogens is 110 g/mol. The summed E-state index contributed by atoms with van der Waals surface area (Å²) in [5, 5.41) is 8.37. The number of nitrogens with zero attached hydrogens (tertiary/aromatic N) is 1. The van der Waals surface area contributed by atoms with Crippen LogP contribution in [0, 0.1) is 11.3 Å². The quantitative estimate of drug-likeness (QED) is 0.404. The summed E-state index contributed by atoms with van der Waals surface area (Å²) in [5.41, 5.74) is 0.632. The molecular formula is C8H9N. The van der Waals surface area contributed by atoms with Crippen molar-refractivity contribution in [2.45, 2.75) is 6.92 Å². The Bertz CT molecular complexity index is 179. The Morgan fingerprint density at radius 1 is 1.67 bits per heavy atom. The Labute approximate surface area is 55.6 Å². The van der Waals surface area contributed by atoms with Crippen LogP contribution in [0.3, 0.4) is 0 Å².